The van der Waals surface area contributed by atoms with E-state index in [9.17, 15) is 31.2 Å². The highest BCUT2D eigenvalue weighted by molar-refractivity contribution is 7.92. The molecule has 33 heavy (non-hydrogen) atoms. The Morgan fingerprint density at radius 3 is 2.36 bits per heavy atom. The number of amides is 1. The van der Waals surface area contributed by atoms with Gasteiger partial charge in [0.2, 0.25) is 10.0 Å². The van der Waals surface area contributed by atoms with Crippen molar-refractivity contribution < 1.29 is 40.3 Å². The first-order valence-corrected chi connectivity index (χ1v) is 11.4. The molecular formula is C22H18F3NO6S. The molecule has 0 spiro atoms. The van der Waals surface area contributed by atoms with Gasteiger partial charge in [0.1, 0.15) is 5.76 Å². The van der Waals surface area contributed by atoms with E-state index in [0.717, 1.165) is 24.5 Å². The van der Waals surface area contributed by atoms with Crippen molar-refractivity contribution in [2.45, 2.75) is 13.1 Å². The van der Waals surface area contributed by atoms with Gasteiger partial charge in [0.05, 0.1) is 29.7 Å². The summed E-state index contributed by atoms with van der Waals surface area (Å²) >= 11 is 0. The molecule has 3 aromatic rings. The molecule has 0 unspecified atom stereocenters. The molecule has 0 saturated heterocycles. The number of furan rings is 1. The van der Waals surface area contributed by atoms with Crippen LogP contribution in [0.25, 0.3) is 11.3 Å². The highest BCUT2D eigenvalue weighted by Crippen LogP contribution is 2.33. The Morgan fingerprint density at radius 2 is 1.73 bits per heavy atom. The average Bonchev–Trinajstić information content (AvgIpc) is 3.23. The van der Waals surface area contributed by atoms with E-state index in [0.29, 0.717) is 4.31 Å². The smallest absolute Gasteiger partial charge is 0.416 e. The average molecular weight is 481 g/mol. The fraction of sp³-hybridized carbons (Fsp3) is 0.182. The van der Waals surface area contributed by atoms with Crippen molar-refractivity contribution in [2.75, 3.05) is 17.2 Å². The molecule has 11 heteroatoms. The van der Waals surface area contributed by atoms with Crippen LogP contribution < -0.4 is 4.31 Å². The maximum absolute atomic E-state index is 13.0. The number of alkyl halides is 3. The van der Waals surface area contributed by atoms with Crippen LogP contribution in [0.5, 0.6) is 0 Å². The van der Waals surface area contributed by atoms with Crippen molar-refractivity contribution in [2.24, 2.45) is 0 Å². The van der Waals surface area contributed by atoms with Gasteiger partial charge in [-0.1, -0.05) is 18.2 Å². The lowest BCUT2D eigenvalue weighted by Gasteiger charge is -2.19. The number of esters is 1. The molecule has 0 radical (unpaired) electrons. The fourth-order valence-corrected chi connectivity index (χ4v) is 3.88. The molecule has 0 aliphatic rings. The normalized spacial score (nSPS) is 11.8. The Balaban J connectivity index is 1.99. The van der Waals surface area contributed by atoms with Gasteiger partial charge in [-0.3, -0.25) is 4.79 Å². The van der Waals surface area contributed by atoms with Crippen molar-refractivity contribution in [3.63, 3.8) is 0 Å². The molecule has 0 bridgehead atoms. The van der Waals surface area contributed by atoms with E-state index in [1.54, 1.807) is 6.92 Å². The molecule has 1 aromatic heterocycles. The monoisotopic (exact) mass is 481 g/mol. The number of halogens is 3. The van der Waals surface area contributed by atoms with Crippen LogP contribution in [-0.2, 0) is 20.9 Å². The van der Waals surface area contributed by atoms with E-state index in [2.05, 4.69) is 0 Å². The first kappa shape index (κ1) is 24.1. The second-order valence-electron chi connectivity index (χ2n) is 6.85. The van der Waals surface area contributed by atoms with E-state index < -0.39 is 39.4 Å². The standard InChI is InChI=1S/C22H18F3NO6S/c1-3-31-21(28)15-7-5-9-17(13-15)26(33(2,29)30)20(27)19-11-10-18(32-19)14-6-4-8-16(12-14)22(23,24)25/h4-13H,3H2,1-2H3. The first-order valence-electron chi connectivity index (χ1n) is 9.51. The Hall–Kier alpha value is -3.60. The van der Waals surface area contributed by atoms with Crippen LogP contribution in [0.15, 0.2) is 65.1 Å². The quantitative estimate of drug-likeness (QED) is 0.472. The molecule has 0 aliphatic heterocycles. The maximum atomic E-state index is 13.0. The summed E-state index contributed by atoms with van der Waals surface area (Å²) < 4.78 is 74.5. The molecule has 174 valence electrons. The van der Waals surface area contributed by atoms with Crippen LogP contribution in [0.2, 0.25) is 0 Å². The van der Waals surface area contributed by atoms with Gasteiger partial charge < -0.3 is 9.15 Å². The Kier molecular flexibility index (Phi) is 6.63. The van der Waals surface area contributed by atoms with Gasteiger partial charge >= 0.3 is 18.1 Å². The van der Waals surface area contributed by atoms with Crippen LogP contribution in [0, 0.1) is 0 Å². The SMILES string of the molecule is CCOC(=O)c1cccc(N(C(=O)c2ccc(-c3cccc(C(F)(F)F)c3)o2)S(C)(=O)=O)c1. The summed E-state index contributed by atoms with van der Waals surface area (Å²) in [5.74, 6) is -2.27. The summed E-state index contributed by atoms with van der Waals surface area (Å²) in [6, 6.07) is 12.0. The number of rotatable bonds is 6. The lowest BCUT2D eigenvalue weighted by molar-refractivity contribution is -0.137. The molecular weight excluding hydrogens is 463 g/mol. The number of hydrogen-bond donors (Lipinski definition) is 0. The summed E-state index contributed by atoms with van der Waals surface area (Å²) in [4.78, 5) is 25.0. The van der Waals surface area contributed by atoms with E-state index in [-0.39, 0.29) is 29.2 Å². The second kappa shape index (κ2) is 9.10. The predicted octanol–water partition coefficient (Wildman–Crippen LogP) is 4.75. The lowest BCUT2D eigenvalue weighted by atomic mass is 10.1. The fourth-order valence-electron chi connectivity index (χ4n) is 2.99. The molecule has 2 aromatic carbocycles. The Labute approximate surface area is 187 Å². The van der Waals surface area contributed by atoms with Crippen molar-refractivity contribution in [1.29, 1.82) is 0 Å². The van der Waals surface area contributed by atoms with Crippen LogP contribution in [-0.4, -0.2) is 33.2 Å². The minimum Gasteiger partial charge on any atom is -0.462 e. The number of benzene rings is 2. The van der Waals surface area contributed by atoms with Crippen molar-refractivity contribution >= 4 is 27.6 Å². The number of nitrogens with zero attached hydrogens (tertiary/aromatic N) is 1. The van der Waals surface area contributed by atoms with E-state index in [1.165, 1.54) is 42.5 Å². The van der Waals surface area contributed by atoms with Crippen LogP contribution in [0.4, 0.5) is 18.9 Å². The highest BCUT2D eigenvalue weighted by Gasteiger charge is 2.32. The maximum Gasteiger partial charge on any atom is 0.416 e. The zero-order chi connectivity index (χ0) is 24.4. The van der Waals surface area contributed by atoms with Gasteiger partial charge in [0.25, 0.3) is 0 Å². The van der Waals surface area contributed by atoms with Crippen LogP contribution in [0.3, 0.4) is 0 Å². The number of hydrogen-bond acceptors (Lipinski definition) is 6. The van der Waals surface area contributed by atoms with Crippen LogP contribution in [0.1, 0.15) is 33.4 Å². The summed E-state index contributed by atoms with van der Waals surface area (Å²) in [5, 5.41) is 0. The van der Waals surface area contributed by atoms with Crippen LogP contribution >= 0.6 is 0 Å². The third-order valence-electron chi connectivity index (χ3n) is 4.40. The molecule has 3 rings (SSSR count). The van der Waals surface area contributed by atoms with Gasteiger partial charge in [0, 0.05) is 5.56 Å². The lowest BCUT2D eigenvalue weighted by Crippen LogP contribution is -2.36. The topological polar surface area (TPSA) is 93.9 Å². The first-order chi connectivity index (χ1) is 15.4. The summed E-state index contributed by atoms with van der Waals surface area (Å²) in [5.41, 5.74) is -0.957. The van der Waals surface area contributed by atoms with Crippen molar-refractivity contribution in [3.05, 3.63) is 77.6 Å². The molecule has 1 heterocycles. The highest BCUT2D eigenvalue weighted by atomic mass is 32.2. The number of carbonyl (C=O) groups is 2. The summed E-state index contributed by atoms with van der Waals surface area (Å²) in [6.45, 7) is 1.70. The molecule has 0 aliphatic carbocycles. The van der Waals surface area contributed by atoms with Gasteiger partial charge in [-0.15, -0.1) is 0 Å². The zero-order valence-electron chi connectivity index (χ0n) is 17.4. The van der Waals surface area contributed by atoms with Gasteiger partial charge in [-0.05, 0) is 49.4 Å². The van der Waals surface area contributed by atoms with Crippen molar-refractivity contribution in [1.82, 2.24) is 0 Å². The van der Waals surface area contributed by atoms with Gasteiger partial charge in [-0.2, -0.15) is 13.2 Å². The van der Waals surface area contributed by atoms with Crippen molar-refractivity contribution in [3.8, 4) is 11.3 Å². The van der Waals surface area contributed by atoms with Gasteiger partial charge in [0.15, 0.2) is 5.76 Å². The van der Waals surface area contributed by atoms with E-state index in [4.69, 9.17) is 9.15 Å². The third kappa shape index (κ3) is 5.43. The molecule has 7 nitrogen and oxygen atoms in total. The molecule has 0 saturated carbocycles. The molecule has 0 N–H and O–H groups in total. The minimum atomic E-state index is -4.57. The Bertz CT molecular complexity index is 1300. The Morgan fingerprint density at radius 1 is 1.03 bits per heavy atom. The third-order valence-corrected chi connectivity index (χ3v) is 5.44. The molecule has 0 fully saturated rings. The number of ether oxygens (including phenoxy) is 1. The summed E-state index contributed by atoms with van der Waals surface area (Å²) in [6.07, 6.45) is -3.78. The molecule has 1 amide bonds. The minimum absolute atomic E-state index is 0.0277. The zero-order valence-corrected chi connectivity index (χ0v) is 18.2. The summed E-state index contributed by atoms with van der Waals surface area (Å²) in [7, 11) is -4.18. The number of anilines is 1. The predicted molar refractivity (Wildman–Crippen MR) is 113 cm³/mol. The second-order valence-corrected chi connectivity index (χ2v) is 8.68. The largest absolute Gasteiger partial charge is 0.462 e. The van der Waals surface area contributed by atoms with E-state index >= 15 is 0 Å². The molecule has 0 atom stereocenters. The number of carbonyl (C=O) groups excluding carboxylic acids is 2. The van der Waals surface area contributed by atoms with E-state index in [1.807, 2.05) is 0 Å². The van der Waals surface area contributed by atoms with Gasteiger partial charge in [-0.25, -0.2) is 17.5 Å². The number of sulfonamides is 1.